The number of nitrogens with one attached hydrogen (secondary N) is 1. The molecule has 30 heavy (non-hydrogen) atoms. The standard InChI is InChI=1S/C22H37N5O3/c1-3-23-22(27-7-6-19(17-27)25-8-12-28-13-9-25)24-16-20(21-5-4-18(2)30-21)26-10-14-29-15-11-26/h4-5,19-20H,3,6-17H2,1-2H3,(H,23,24). The number of aryl methyl sites for hydroxylation is 1. The molecule has 0 amide bonds. The molecule has 3 aliphatic heterocycles. The van der Waals surface area contributed by atoms with Crippen LogP contribution in [0.15, 0.2) is 21.5 Å². The van der Waals surface area contributed by atoms with Gasteiger partial charge in [-0.3, -0.25) is 14.8 Å². The Kier molecular flexibility index (Phi) is 7.65. The van der Waals surface area contributed by atoms with E-state index < -0.39 is 0 Å². The molecule has 1 aromatic rings. The Morgan fingerprint density at radius 3 is 2.50 bits per heavy atom. The molecule has 2 unspecified atom stereocenters. The van der Waals surface area contributed by atoms with Gasteiger partial charge in [-0.25, -0.2) is 0 Å². The van der Waals surface area contributed by atoms with E-state index in [1.807, 2.05) is 13.0 Å². The quantitative estimate of drug-likeness (QED) is 0.551. The maximum Gasteiger partial charge on any atom is 0.194 e. The minimum atomic E-state index is 0.147. The highest BCUT2D eigenvalue weighted by Gasteiger charge is 2.31. The third kappa shape index (κ3) is 5.35. The number of furan rings is 1. The lowest BCUT2D eigenvalue weighted by Crippen LogP contribution is -2.47. The zero-order valence-electron chi connectivity index (χ0n) is 18.5. The van der Waals surface area contributed by atoms with Crippen LogP contribution >= 0.6 is 0 Å². The number of nitrogens with zero attached hydrogens (tertiary/aromatic N) is 4. The second kappa shape index (κ2) is 10.6. The highest BCUT2D eigenvalue weighted by Crippen LogP contribution is 2.25. The third-order valence-corrected chi connectivity index (χ3v) is 6.35. The van der Waals surface area contributed by atoms with Gasteiger partial charge in [-0.2, -0.15) is 0 Å². The lowest BCUT2D eigenvalue weighted by Gasteiger charge is -2.33. The molecule has 3 saturated heterocycles. The maximum absolute atomic E-state index is 6.01. The van der Waals surface area contributed by atoms with Crippen LogP contribution in [-0.2, 0) is 9.47 Å². The Bertz CT molecular complexity index is 682. The number of likely N-dealkylation sites (tertiary alicyclic amines) is 1. The van der Waals surface area contributed by atoms with E-state index in [9.17, 15) is 0 Å². The van der Waals surface area contributed by atoms with Gasteiger partial charge in [0.2, 0.25) is 0 Å². The lowest BCUT2D eigenvalue weighted by atomic mass is 10.1. The first kappa shape index (κ1) is 21.6. The summed E-state index contributed by atoms with van der Waals surface area (Å²) in [7, 11) is 0. The first-order chi connectivity index (χ1) is 14.7. The predicted molar refractivity (Wildman–Crippen MR) is 117 cm³/mol. The molecule has 8 nitrogen and oxygen atoms in total. The molecule has 2 atom stereocenters. The summed E-state index contributed by atoms with van der Waals surface area (Å²) in [5.74, 6) is 2.98. The Morgan fingerprint density at radius 2 is 1.83 bits per heavy atom. The lowest BCUT2D eigenvalue weighted by molar-refractivity contribution is 0.0134. The van der Waals surface area contributed by atoms with Crippen LogP contribution in [0.3, 0.4) is 0 Å². The molecule has 0 bridgehead atoms. The summed E-state index contributed by atoms with van der Waals surface area (Å²) < 4.78 is 17.1. The van der Waals surface area contributed by atoms with Crippen LogP contribution in [0.2, 0.25) is 0 Å². The molecule has 0 aliphatic carbocycles. The predicted octanol–water partition coefficient (Wildman–Crippen LogP) is 1.33. The molecule has 168 valence electrons. The average Bonchev–Trinajstić information content (AvgIpc) is 3.44. The van der Waals surface area contributed by atoms with Crippen molar-refractivity contribution in [3.8, 4) is 0 Å². The molecular weight excluding hydrogens is 382 g/mol. The fourth-order valence-electron chi connectivity index (χ4n) is 4.68. The number of rotatable bonds is 6. The molecule has 3 fully saturated rings. The van der Waals surface area contributed by atoms with Gasteiger partial charge in [-0.1, -0.05) is 0 Å². The number of ether oxygens (including phenoxy) is 2. The van der Waals surface area contributed by atoms with Gasteiger partial charge in [0.1, 0.15) is 11.5 Å². The number of hydrogen-bond acceptors (Lipinski definition) is 6. The Hall–Kier alpha value is -1.61. The van der Waals surface area contributed by atoms with E-state index in [4.69, 9.17) is 18.9 Å². The summed E-state index contributed by atoms with van der Waals surface area (Å²) in [5, 5.41) is 3.52. The molecule has 8 heteroatoms. The Morgan fingerprint density at radius 1 is 1.10 bits per heavy atom. The van der Waals surface area contributed by atoms with E-state index in [1.54, 1.807) is 0 Å². The number of morpholine rings is 2. The topological polar surface area (TPSA) is 65.7 Å². The third-order valence-electron chi connectivity index (χ3n) is 6.35. The SMILES string of the molecule is CCNC(=NCC(c1ccc(C)o1)N1CCOCC1)N1CCC(N2CCOCC2)C1. The van der Waals surface area contributed by atoms with Crippen LogP contribution in [0.25, 0.3) is 0 Å². The maximum atomic E-state index is 6.01. The summed E-state index contributed by atoms with van der Waals surface area (Å²) >= 11 is 0. The molecule has 0 spiro atoms. The molecule has 0 aromatic carbocycles. The van der Waals surface area contributed by atoms with Crippen molar-refractivity contribution in [3.63, 3.8) is 0 Å². The fraction of sp³-hybridized carbons (Fsp3) is 0.773. The van der Waals surface area contributed by atoms with Crippen molar-refractivity contribution in [1.29, 1.82) is 0 Å². The molecule has 0 saturated carbocycles. The van der Waals surface area contributed by atoms with Gasteiger partial charge in [0.15, 0.2) is 5.96 Å². The minimum absolute atomic E-state index is 0.147. The van der Waals surface area contributed by atoms with Crippen LogP contribution in [0.4, 0.5) is 0 Å². The van der Waals surface area contributed by atoms with Gasteiger partial charge < -0.3 is 24.1 Å². The Balaban J connectivity index is 1.44. The summed E-state index contributed by atoms with van der Waals surface area (Å²) in [5.41, 5.74) is 0. The van der Waals surface area contributed by atoms with E-state index >= 15 is 0 Å². The van der Waals surface area contributed by atoms with Crippen LogP contribution < -0.4 is 5.32 Å². The van der Waals surface area contributed by atoms with E-state index in [1.165, 1.54) is 6.42 Å². The smallest absolute Gasteiger partial charge is 0.194 e. The van der Waals surface area contributed by atoms with Crippen molar-refractivity contribution >= 4 is 5.96 Å². The highest BCUT2D eigenvalue weighted by molar-refractivity contribution is 5.80. The van der Waals surface area contributed by atoms with Crippen LogP contribution in [0, 0.1) is 6.92 Å². The van der Waals surface area contributed by atoms with E-state index in [-0.39, 0.29) is 6.04 Å². The van der Waals surface area contributed by atoms with Crippen molar-refractivity contribution in [3.05, 3.63) is 23.7 Å². The summed E-state index contributed by atoms with van der Waals surface area (Å²) in [6.07, 6.45) is 1.19. The molecule has 3 aliphatic rings. The second-order valence-corrected chi connectivity index (χ2v) is 8.34. The summed E-state index contributed by atoms with van der Waals surface area (Å²) in [4.78, 5) is 12.5. The van der Waals surface area contributed by atoms with E-state index in [0.29, 0.717) is 12.6 Å². The number of aliphatic imine (C=N–C) groups is 1. The van der Waals surface area contributed by atoms with Crippen molar-refractivity contribution in [1.82, 2.24) is 20.0 Å². The van der Waals surface area contributed by atoms with Gasteiger partial charge in [-0.05, 0) is 32.4 Å². The zero-order chi connectivity index (χ0) is 20.8. The van der Waals surface area contributed by atoms with Crippen molar-refractivity contribution in [2.75, 3.05) is 78.8 Å². The second-order valence-electron chi connectivity index (χ2n) is 8.34. The molecule has 4 heterocycles. The fourth-order valence-corrected chi connectivity index (χ4v) is 4.68. The van der Waals surface area contributed by atoms with Gasteiger partial charge in [0.05, 0.1) is 39.0 Å². The molecular formula is C22H37N5O3. The van der Waals surface area contributed by atoms with Crippen molar-refractivity contribution in [2.24, 2.45) is 4.99 Å². The normalized spacial score (nSPS) is 25.6. The first-order valence-corrected chi connectivity index (χ1v) is 11.5. The van der Waals surface area contributed by atoms with Crippen molar-refractivity contribution in [2.45, 2.75) is 32.4 Å². The molecule has 0 radical (unpaired) electrons. The van der Waals surface area contributed by atoms with E-state index in [0.717, 1.165) is 89.7 Å². The van der Waals surface area contributed by atoms with Gasteiger partial charge in [0, 0.05) is 51.9 Å². The highest BCUT2D eigenvalue weighted by atomic mass is 16.5. The number of hydrogen-bond donors (Lipinski definition) is 1. The summed E-state index contributed by atoms with van der Waals surface area (Å²) in [6.45, 7) is 15.0. The molecule has 4 rings (SSSR count). The Labute approximate surface area is 180 Å². The average molecular weight is 420 g/mol. The monoisotopic (exact) mass is 419 g/mol. The summed E-state index contributed by atoms with van der Waals surface area (Å²) in [6, 6.07) is 4.89. The van der Waals surface area contributed by atoms with Crippen LogP contribution in [-0.4, -0.2) is 105 Å². The minimum Gasteiger partial charge on any atom is -0.465 e. The van der Waals surface area contributed by atoms with Gasteiger partial charge >= 0.3 is 0 Å². The first-order valence-electron chi connectivity index (χ1n) is 11.5. The van der Waals surface area contributed by atoms with Crippen molar-refractivity contribution < 1.29 is 13.9 Å². The van der Waals surface area contributed by atoms with Crippen LogP contribution in [0.5, 0.6) is 0 Å². The number of guanidine groups is 1. The zero-order valence-corrected chi connectivity index (χ0v) is 18.5. The van der Waals surface area contributed by atoms with Crippen LogP contribution in [0.1, 0.15) is 30.9 Å². The van der Waals surface area contributed by atoms with Gasteiger partial charge in [0.25, 0.3) is 0 Å². The largest absolute Gasteiger partial charge is 0.465 e. The molecule has 1 aromatic heterocycles. The van der Waals surface area contributed by atoms with Gasteiger partial charge in [-0.15, -0.1) is 0 Å². The van der Waals surface area contributed by atoms with E-state index in [2.05, 4.69) is 33.0 Å². The molecule has 1 N–H and O–H groups in total.